The standard InChI is InChI=1S/C19H20N4O/c20-13-18-14-22(11-12-23(18)17-7-8-17)19(24)15-3-5-16(6-4-15)21-9-1-2-10-21/h1-6,9-10,17-18H,7-8,11-12,14H2. The van der Waals surface area contributed by atoms with Crippen LogP contribution in [0, 0.1) is 11.3 Å². The maximum Gasteiger partial charge on any atom is 0.253 e. The van der Waals surface area contributed by atoms with E-state index in [0.717, 1.165) is 12.2 Å². The molecule has 1 atom stereocenters. The zero-order chi connectivity index (χ0) is 16.5. The lowest BCUT2D eigenvalue weighted by Gasteiger charge is -2.38. The molecule has 2 fully saturated rings. The van der Waals surface area contributed by atoms with Gasteiger partial charge in [-0.25, -0.2) is 0 Å². The van der Waals surface area contributed by atoms with Gasteiger partial charge in [0, 0.05) is 49.3 Å². The largest absolute Gasteiger partial charge is 0.335 e. The monoisotopic (exact) mass is 320 g/mol. The molecule has 1 aromatic carbocycles. The fraction of sp³-hybridized carbons (Fsp3) is 0.368. The smallest absolute Gasteiger partial charge is 0.253 e. The van der Waals surface area contributed by atoms with Gasteiger partial charge in [0.1, 0.15) is 6.04 Å². The highest BCUT2D eigenvalue weighted by atomic mass is 16.2. The fourth-order valence-corrected chi connectivity index (χ4v) is 3.40. The number of benzene rings is 1. The Bertz CT molecular complexity index is 756. The molecule has 5 nitrogen and oxygen atoms in total. The third kappa shape index (κ3) is 2.81. The quantitative estimate of drug-likeness (QED) is 0.872. The van der Waals surface area contributed by atoms with Crippen molar-refractivity contribution in [2.45, 2.75) is 24.9 Å². The molecule has 1 saturated carbocycles. The number of rotatable bonds is 3. The second-order valence-electron chi connectivity index (χ2n) is 6.50. The molecule has 4 rings (SSSR count). The summed E-state index contributed by atoms with van der Waals surface area (Å²) in [5.41, 5.74) is 1.72. The number of hydrogen-bond acceptors (Lipinski definition) is 3. The Morgan fingerprint density at radius 3 is 2.42 bits per heavy atom. The summed E-state index contributed by atoms with van der Waals surface area (Å²) in [6.07, 6.45) is 6.33. The van der Waals surface area contributed by atoms with Gasteiger partial charge in [-0.1, -0.05) is 0 Å². The lowest BCUT2D eigenvalue weighted by Crippen LogP contribution is -2.54. The van der Waals surface area contributed by atoms with Crippen molar-refractivity contribution in [1.29, 1.82) is 5.26 Å². The summed E-state index contributed by atoms with van der Waals surface area (Å²) in [6.45, 7) is 2.01. The van der Waals surface area contributed by atoms with Crippen LogP contribution in [0.5, 0.6) is 0 Å². The first-order chi connectivity index (χ1) is 11.8. The molecule has 0 spiro atoms. The number of hydrogen-bond donors (Lipinski definition) is 0. The van der Waals surface area contributed by atoms with Crippen molar-refractivity contribution in [2.75, 3.05) is 19.6 Å². The highest BCUT2D eigenvalue weighted by molar-refractivity contribution is 5.94. The minimum Gasteiger partial charge on any atom is -0.335 e. The number of nitrogens with zero attached hydrogens (tertiary/aromatic N) is 4. The second kappa shape index (κ2) is 6.14. The Morgan fingerprint density at radius 2 is 1.79 bits per heavy atom. The number of aromatic nitrogens is 1. The van der Waals surface area contributed by atoms with Crippen molar-refractivity contribution >= 4 is 5.91 Å². The molecule has 1 aromatic heterocycles. The number of carbonyl (C=O) groups excluding carboxylic acids is 1. The lowest BCUT2D eigenvalue weighted by atomic mass is 10.1. The van der Waals surface area contributed by atoms with E-state index in [1.807, 2.05) is 58.3 Å². The van der Waals surface area contributed by atoms with E-state index in [4.69, 9.17) is 0 Å². The van der Waals surface area contributed by atoms with Crippen molar-refractivity contribution in [3.05, 3.63) is 54.4 Å². The summed E-state index contributed by atoms with van der Waals surface area (Å²) < 4.78 is 2.01. The molecule has 1 amide bonds. The van der Waals surface area contributed by atoms with Gasteiger partial charge in [0.15, 0.2) is 0 Å². The number of nitriles is 1. The maximum absolute atomic E-state index is 12.7. The van der Waals surface area contributed by atoms with Crippen LogP contribution < -0.4 is 0 Å². The van der Waals surface area contributed by atoms with Crippen molar-refractivity contribution in [1.82, 2.24) is 14.4 Å². The molecule has 2 aromatic rings. The van der Waals surface area contributed by atoms with Gasteiger partial charge in [0.25, 0.3) is 5.91 Å². The Kier molecular flexibility index (Phi) is 3.83. The first-order valence-corrected chi connectivity index (χ1v) is 8.44. The van der Waals surface area contributed by atoms with Gasteiger partial charge in [0.2, 0.25) is 0 Å². The fourth-order valence-electron chi connectivity index (χ4n) is 3.40. The van der Waals surface area contributed by atoms with Gasteiger partial charge in [-0.2, -0.15) is 5.26 Å². The van der Waals surface area contributed by atoms with E-state index >= 15 is 0 Å². The van der Waals surface area contributed by atoms with Crippen molar-refractivity contribution in [3.8, 4) is 11.8 Å². The van der Waals surface area contributed by atoms with E-state index in [9.17, 15) is 10.1 Å². The van der Waals surface area contributed by atoms with Crippen LogP contribution in [0.3, 0.4) is 0 Å². The van der Waals surface area contributed by atoms with Crippen LogP contribution >= 0.6 is 0 Å². The molecule has 122 valence electrons. The summed E-state index contributed by atoms with van der Waals surface area (Å²) in [6, 6.07) is 14.3. The highest BCUT2D eigenvalue weighted by Gasteiger charge is 2.38. The van der Waals surface area contributed by atoms with Crippen LogP contribution in [-0.4, -0.2) is 52.0 Å². The van der Waals surface area contributed by atoms with Gasteiger partial charge in [-0.05, 0) is 49.2 Å². The summed E-state index contributed by atoms with van der Waals surface area (Å²) >= 11 is 0. The molecule has 1 unspecified atom stereocenters. The zero-order valence-electron chi connectivity index (χ0n) is 13.5. The predicted molar refractivity (Wildman–Crippen MR) is 90.8 cm³/mol. The third-order valence-corrected chi connectivity index (χ3v) is 4.89. The van der Waals surface area contributed by atoms with Gasteiger partial charge < -0.3 is 9.47 Å². The first-order valence-electron chi connectivity index (χ1n) is 8.44. The molecule has 2 heterocycles. The van der Waals surface area contributed by atoms with Gasteiger partial charge in [-0.15, -0.1) is 0 Å². The lowest BCUT2D eigenvalue weighted by molar-refractivity contribution is 0.0550. The molecule has 5 heteroatoms. The van der Waals surface area contributed by atoms with Crippen LogP contribution in [0.2, 0.25) is 0 Å². The van der Waals surface area contributed by atoms with E-state index in [-0.39, 0.29) is 11.9 Å². The summed E-state index contributed by atoms with van der Waals surface area (Å²) in [5, 5.41) is 9.42. The van der Waals surface area contributed by atoms with E-state index in [1.54, 1.807) is 0 Å². The molecule has 1 saturated heterocycles. The molecular weight excluding hydrogens is 300 g/mol. The normalized spacial score (nSPS) is 21.5. The van der Waals surface area contributed by atoms with Crippen LogP contribution in [0.15, 0.2) is 48.8 Å². The van der Waals surface area contributed by atoms with Crippen LogP contribution in [0.1, 0.15) is 23.2 Å². The average molecular weight is 320 g/mol. The topological polar surface area (TPSA) is 52.3 Å². The minimum atomic E-state index is -0.172. The maximum atomic E-state index is 12.7. The SMILES string of the molecule is N#CC1CN(C(=O)c2ccc(-n3cccc3)cc2)CCN1C1CC1. The number of carbonyl (C=O) groups is 1. The van der Waals surface area contributed by atoms with Gasteiger partial charge in [-0.3, -0.25) is 9.69 Å². The van der Waals surface area contributed by atoms with E-state index in [1.165, 1.54) is 12.8 Å². The zero-order valence-corrected chi connectivity index (χ0v) is 13.5. The Labute approximate surface area is 141 Å². The summed E-state index contributed by atoms with van der Waals surface area (Å²) in [4.78, 5) is 16.8. The van der Waals surface area contributed by atoms with Crippen molar-refractivity contribution in [3.63, 3.8) is 0 Å². The molecule has 0 radical (unpaired) electrons. The molecular formula is C19H20N4O. The molecule has 1 aliphatic carbocycles. The average Bonchev–Trinajstić information content (AvgIpc) is 3.34. The van der Waals surface area contributed by atoms with Crippen molar-refractivity contribution in [2.24, 2.45) is 0 Å². The minimum absolute atomic E-state index is 0.0183. The molecule has 0 N–H and O–H groups in total. The van der Waals surface area contributed by atoms with Gasteiger partial charge in [0.05, 0.1) is 6.07 Å². The van der Waals surface area contributed by atoms with E-state index in [0.29, 0.717) is 24.7 Å². The molecule has 24 heavy (non-hydrogen) atoms. The Hall–Kier alpha value is -2.58. The second-order valence-corrected chi connectivity index (χ2v) is 6.50. The molecule has 1 aliphatic heterocycles. The van der Waals surface area contributed by atoms with Crippen molar-refractivity contribution < 1.29 is 4.79 Å². The van der Waals surface area contributed by atoms with Crippen LogP contribution in [-0.2, 0) is 0 Å². The molecule has 0 bridgehead atoms. The molecule has 2 aliphatic rings. The third-order valence-electron chi connectivity index (χ3n) is 4.89. The predicted octanol–water partition coefficient (Wildman–Crippen LogP) is 2.29. The van der Waals surface area contributed by atoms with E-state index < -0.39 is 0 Å². The van der Waals surface area contributed by atoms with Crippen LogP contribution in [0.25, 0.3) is 5.69 Å². The summed E-state index contributed by atoms with van der Waals surface area (Å²) in [5.74, 6) is 0.0183. The summed E-state index contributed by atoms with van der Waals surface area (Å²) in [7, 11) is 0. The first kappa shape index (κ1) is 15.0. The van der Waals surface area contributed by atoms with E-state index in [2.05, 4.69) is 11.0 Å². The number of amides is 1. The van der Waals surface area contributed by atoms with Crippen LogP contribution in [0.4, 0.5) is 0 Å². The van der Waals surface area contributed by atoms with Gasteiger partial charge >= 0.3 is 0 Å². The Morgan fingerprint density at radius 1 is 1.08 bits per heavy atom. The highest BCUT2D eigenvalue weighted by Crippen LogP contribution is 2.30. The Balaban J connectivity index is 1.46. The number of piperazine rings is 1.